The van der Waals surface area contributed by atoms with Crippen LogP contribution in [0.2, 0.25) is 0 Å². The number of benzene rings is 1. The van der Waals surface area contributed by atoms with E-state index in [2.05, 4.69) is 62.1 Å². The van der Waals surface area contributed by atoms with Gasteiger partial charge >= 0.3 is 0 Å². The molecular formula is C31H52N2O. The Kier molecular flexibility index (Phi) is 21.0. The molecule has 0 radical (unpaired) electrons. The fraction of sp³-hybridized carbons (Fsp3) is 0.548. The van der Waals surface area contributed by atoms with E-state index in [1.165, 1.54) is 36.8 Å². The van der Waals surface area contributed by atoms with E-state index in [0.29, 0.717) is 11.8 Å². The third-order valence-electron chi connectivity index (χ3n) is 5.74. The van der Waals surface area contributed by atoms with Gasteiger partial charge in [0, 0.05) is 26.7 Å². The van der Waals surface area contributed by atoms with Crippen LogP contribution in [0.5, 0.6) is 0 Å². The molecule has 0 bridgehead atoms. The normalized spacial score (nSPS) is 17.4. The Morgan fingerprint density at radius 3 is 2.06 bits per heavy atom. The predicted octanol–water partition coefficient (Wildman–Crippen LogP) is 8.41. The smallest absolute Gasteiger partial charge is 0.216 e. The number of hydrogen-bond donors (Lipinski definition) is 1. The summed E-state index contributed by atoms with van der Waals surface area (Å²) in [4.78, 5) is 14.8. The van der Waals surface area contributed by atoms with Gasteiger partial charge in [-0.2, -0.15) is 0 Å². The van der Waals surface area contributed by atoms with E-state index >= 15 is 0 Å². The van der Waals surface area contributed by atoms with Crippen molar-refractivity contribution in [1.82, 2.24) is 5.32 Å². The molecule has 1 aromatic carbocycles. The van der Waals surface area contributed by atoms with Gasteiger partial charge in [-0.3, -0.25) is 4.79 Å². The Morgan fingerprint density at radius 1 is 1.06 bits per heavy atom. The van der Waals surface area contributed by atoms with Gasteiger partial charge in [0.2, 0.25) is 5.91 Å². The van der Waals surface area contributed by atoms with Crippen LogP contribution in [0.3, 0.4) is 0 Å². The molecule has 1 aliphatic rings. The van der Waals surface area contributed by atoms with Crippen LogP contribution in [0.25, 0.3) is 12.2 Å². The Morgan fingerprint density at radius 2 is 1.62 bits per heavy atom. The largest absolute Gasteiger partial charge is 0.356 e. The standard InChI is InChI=1S/C15H19N.C12H21NO.2C2H6/c1-5-14-8-7-13(10-15(14)6-2)9-12(3)11-16-4;1-9(2)12-6-4-11(5-7-12)8-13-10(3)14;2*1-2/h5-8,10-12H,1-2,9H2,3-4H3;11-12H,1,4-8H2,2-3H3,(H,13,14);2*1-2H3. The summed E-state index contributed by atoms with van der Waals surface area (Å²) in [6.45, 7) is 26.4. The van der Waals surface area contributed by atoms with Gasteiger partial charge in [0.25, 0.3) is 0 Å². The van der Waals surface area contributed by atoms with Gasteiger partial charge in [-0.15, -0.1) is 0 Å². The van der Waals surface area contributed by atoms with E-state index in [9.17, 15) is 4.79 Å². The first-order chi connectivity index (χ1) is 16.3. The van der Waals surface area contributed by atoms with Crippen molar-refractivity contribution >= 4 is 24.3 Å². The molecule has 3 nitrogen and oxygen atoms in total. The summed E-state index contributed by atoms with van der Waals surface area (Å²) < 4.78 is 0. The van der Waals surface area contributed by atoms with Crippen LogP contribution in [0.1, 0.15) is 90.8 Å². The van der Waals surface area contributed by atoms with E-state index in [4.69, 9.17) is 0 Å². The van der Waals surface area contributed by atoms with Gasteiger partial charge in [0.15, 0.2) is 0 Å². The molecule has 1 fully saturated rings. The van der Waals surface area contributed by atoms with Gasteiger partial charge < -0.3 is 10.3 Å². The molecule has 0 aliphatic heterocycles. The number of amides is 1. The summed E-state index contributed by atoms with van der Waals surface area (Å²) >= 11 is 0. The first-order valence-corrected chi connectivity index (χ1v) is 13.0. The minimum Gasteiger partial charge on any atom is -0.356 e. The van der Waals surface area contributed by atoms with Gasteiger partial charge in [-0.1, -0.05) is 90.3 Å². The lowest BCUT2D eigenvalue weighted by atomic mass is 9.79. The maximum Gasteiger partial charge on any atom is 0.216 e. The zero-order chi connectivity index (χ0) is 26.5. The second-order valence-electron chi connectivity index (χ2n) is 8.46. The molecule has 1 amide bonds. The first kappa shape index (κ1) is 33.8. The molecule has 1 N–H and O–H groups in total. The average molecular weight is 469 g/mol. The van der Waals surface area contributed by atoms with Crippen molar-refractivity contribution in [3.8, 4) is 0 Å². The van der Waals surface area contributed by atoms with Crippen molar-refractivity contribution in [2.75, 3.05) is 13.6 Å². The molecule has 1 aromatic rings. The number of hydrogen-bond acceptors (Lipinski definition) is 2. The molecule has 0 spiro atoms. The molecule has 3 heteroatoms. The molecule has 1 aliphatic carbocycles. The number of rotatable bonds is 8. The summed E-state index contributed by atoms with van der Waals surface area (Å²) in [5, 5.41) is 2.90. The highest BCUT2D eigenvalue weighted by Crippen LogP contribution is 2.32. The summed E-state index contributed by atoms with van der Waals surface area (Å²) in [6.07, 6.45) is 11.7. The summed E-state index contributed by atoms with van der Waals surface area (Å²) in [7, 11) is 1.81. The van der Waals surface area contributed by atoms with Crippen LogP contribution in [-0.2, 0) is 11.2 Å². The monoisotopic (exact) mass is 468 g/mol. The van der Waals surface area contributed by atoms with E-state index in [1.807, 2.05) is 53.1 Å². The molecule has 34 heavy (non-hydrogen) atoms. The summed E-state index contributed by atoms with van der Waals surface area (Å²) in [6, 6.07) is 6.41. The van der Waals surface area contributed by atoms with Gasteiger partial charge in [-0.25, -0.2) is 0 Å². The van der Waals surface area contributed by atoms with Crippen molar-refractivity contribution in [2.24, 2.45) is 22.7 Å². The highest BCUT2D eigenvalue weighted by Gasteiger charge is 2.21. The van der Waals surface area contributed by atoms with Crippen molar-refractivity contribution < 1.29 is 4.79 Å². The van der Waals surface area contributed by atoms with Crippen molar-refractivity contribution in [3.63, 3.8) is 0 Å². The predicted molar refractivity (Wildman–Crippen MR) is 156 cm³/mol. The fourth-order valence-corrected chi connectivity index (χ4v) is 3.94. The van der Waals surface area contributed by atoms with E-state index < -0.39 is 0 Å². The summed E-state index contributed by atoms with van der Waals surface area (Å²) in [5.41, 5.74) is 4.92. The third kappa shape index (κ3) is 14.7. The number of allylic oxidation sites excluding steroid dienone is 1. The second kappa shape index (κ2) is 21.1. The van der Waals surface area contributed by atoms with Crippen molar-refractivity contribution in [3.05, 3.63) is 60.2 Å². The van der Waals surface area contributed by atoms with Gasteiger partial charge in [-0.05, 0) is 73.5 Å². The molecule has 0 saturated heterocycles. The van der Waals surface area contributed by atoms with Crippen LogP contribution >= 0.6 is 0 Å². The molecule has 0 heterocycles. The number of nitrogens with one attached hydrogen (secondary N) is 1. The maximum absolute atomic E-state index is 10.7. The summed E-state index contributed by atoms with van der Waals surface area (Å²) in [5.74, 6) is 1.97. The molecule has 1 unspecified atom stereocenters. The zero-order valence-corrected chi connectivity index (χ0v) is 23.4. The first-order valence-electron chi connectivity index (χ1n) is 13.0. The number of nitrogens with zero attached hydrogens (tertiary/aromatic N) is 1. The lowest BCUT2D eigenvalue weighted by Crippen LogP contribution is -2.29. The quantitative estimate of drug-likeness (QED) is 0.302. The van der Waals surface area contributed by atoms with E-state index in [0.717, 1.165) is 30.0 Å². The topological polar surface area (TPSA) is 41.5 Å². The SMILES string of the molecule is C=C(C)C1CCC(CNC(C)=O)CC1.C=Cc1ccc(CC(C)C=NC)cc1C=C.CC.CC. The zero-order valence-electron chi connectivity index (χ0n) is 23.4. The number of aliphatic imine (C=N–C) groups is 1. The van der Waals surface area contributed by atoms with Crippen LogP contribution in [0.15, 0.2) is 48.5 Å². The Hall–Kier alpha value is -2.42. The number of carbonyl (C=O) groups excluding carboxylic acids is 1. The highest BCUT2D eigenvalue weighted by molar-refractivity contribution is 5.72. The van der Waals surface area contributed by atoms with Gasteiger partial charge in [0.1, 0.15) is 0 Å². The number of carbonyl (C=O) groups is 1. The molecule has 2 rings (SSSR count). The van der Waals surface area contributed by atoms with Crippen molar-refractivity contribution in [2.45, 2.75) is 80.6 Å². The van der Waals surface area contributed by atoms with Crippen LogP contribution < -0.4 is 5.32 Å². The molecule has 1 saturated carbocycles. The Bertz CT molecular complexity index is 740. The molecule has 1 atom stereocenters. The Labute approximate surface area is 211 Å². The lowest BCUT2D eigenvalue weighted by Gasteiger charge is -2.28. The highest BCUT2D eigenvalue weighted by atomic mass is 16.1. The Balaban J connectivity index is 0. The van der Waals surface area contributed by atoms with Gasteiger partial charge in [0.05, 0.1) is 0 Å². The lowest BCUT2D eigenvalue weighted by molar-refractivity contribution is -0.119. The molecule has 192 valence electrons. The second-order valence-corrected chi connectivity index (χ2v) is 8.46. The van der Waals surface area contributed by atoms with Crippen LogP contribution in [0, 0.1) is 17.8 Å². The third-order valence-corrected chi connectivity index (χ3v) is 5.74. The fourth-order valence-electron chi connectivity index (χ4n) is 3.94. The average Bonchev–Trinajstić information content (AvgIpc) is 2.86. The maximum atomic E-state index is 10.7. The minimum atomic E-state index is 0.0898. The molecule has 0 aromatic heterocycles. The van der Waals surface area contributed by atoms with E-state index in [1.54, 1.807) is 6.92 Å². The van der Waals surface area contributed by atoms with Crippen LogP contribution in [0.4, 0.5) is 0 Å². The van der Waals surface area contributed by atoms with Crippen LogP contribution in [-0.4, -0.2) is 25.7 Å². The minimum absolute atomic E-state index is 0.0898. The van der Waals surface area contributed by atoms with E-state index in [-0.39, 0.29) is 5.91 Å². The molecular weight excluding hydrogens is 416 g/mol. The van der Waals surface area contributed by atoms with Crippen molar-refractivity contribution in [1.29, 1.82) is 0 Å².